The van der Waals surface area contributed by atoms with Crippen LogP contribution in [-0.2, 0) is 9.53 Å². The summed E-state index contributed by atoms with van der Waals surface area (Å²) in [5.74, 6) is 1.13. The second kappa shape index (κ2) is 7.86. The van der Waals surface area contributed by atoms with Gasteiger partial charge in [0, 0.05) is 12.3 Å². The number of hydrogen-bond donors (Lipinski definition) is 0. The third-order valence-electron chi connectivity index (χ3n) is 5.39. The fourth-order valence-electron chi connectivity index (χ4n) is 3.90. The summed E-state index contributed by atoms with van der Waals surface area (Å²) in [5, 5.41) is 0. The van der Waals surface area contributed by atoms with Crippen molar-refractivity contribution in [3.05, 3.63) is 59.7 Å². The molecule has 1 aliphatic carbocycles. The van der Waals surface area contributed by atoms with Gasteiger partial charge in [0.15, 0.2) is 0 Å². The molecule has 2 aromatic carbocycles. The average Bonchev–Trinajstić information content (AvgIpc) is 2.93. The van der Waals surface area contributed by atoms with Crippen LogP contribution < -0.4 is 0 Å². The zero-order valence-electron chi connectivity index (χ0n) is 15.5. The maximum atomic E-state index is 12.3. The smallest absolute Gasteiger partial charge is 0.306 e. The maximum absolute atomic E-state index is 12.3. The molecule has 0 N–H and O–H groups in total. The summed E-state index contributed by atoms with van der Waals surface area (Å²) >= 11 is 0. The van der Waals surface area contributed by atoms with E-state index in [-0.39, 0.29) is 11.9 Å². The lowest BCUT2D eigenvalue weighted by atomic mass is 9.93. The van der Waals surface area contributed by atoms with Crippen LogP contribution in [0.15, 0.2) is 48.5 Å². The van der Waals surface area contributed by atoms with Crippen LogP contribution in [0.1, 0.15) is 57.1 Å². The number of hydrogen-bond acceptors (Lipinski definition) is 2. The zero-order chi connectivity index (χ0) is 17.8. The van der Waals surface area contributed by atoms with Crippen LogP contribution in [0.5, 0.6) is 0 Å². The van der Waals surface area contributed by atoms with E-state index in [4.69, 9.17) is 4.74 Å². The normalized spacial score (nSPS) is 15.3. The topological polar surface area (TPSA) is 26.3 Å². The van der Waals surface area contributed by atoms with Crippen LogP contribution in [0, 0.1) is 11.8 Å². The zero-order valence-corrected chi connectivity index (χ0v) is 15.5. The average molecular weight is 336 g/mol. The van der Waals surface area contributed by atoms with E-state index in [1.807, 2.05) is 0 Å². The third kappa shape index (κ3) is 3.95. The van der Waals surface area contributed by atoms with Crippen molar-refractivity contribution in [3.63, 3.8) is 0 Å². The maximum Gasteiger partial charge on any atom is 0.306 e. The number of esters is 1. The van der Waals surface area contributed by atoms with Crippen molar-refractivity contribution >= 4 is 5.97 Å². The van der Waals surface area contributed by atoms with Crippen molar-refractivity contribution in [1.29, 1.82) is 0 Å². The van der Waals surface area contributed by atoms with Crippen LogP contribution in [0.4, 0.5) is 0 Å². The Morgan fingerprint density at radius 1 is 0.960 bits per heavy atom. The van der Waals surface area contributed by atoms with Crippen molar-refractivity contribution in [2.45, 2.75) is 46.0 Å². The molecule has 2 nitrogen and oxygen atoms in total. The van der Waals surface area contributed by atoms with Crippen molar-refractivity contribution < 1.29 is 9.53 Å². The van der Waals surface area contributed by atoms with E-state index in [0.29, 0.717) is 24.9 Å². The molecular formula is C23H28O2. The third-order valence-corrected chi connectivity index (χ3v) is 5.39. The molecule has 0 spiro atoms. The van der Waals surface area contributed by atoms with Gasteiger partial charge in [-0.05, 0) is 40.5 Å². The monoisotopic (exact) mass is 336 g/mol. The number of fused-ring (bicyclic) bond motifs is 3. The molecular weight excluding hydrogens is 308 g/mol. The van der Waals surface area contributed by atoms with E-state index < -0.39 is 0 Å². The Bertz CT molecular complexity index is 689. The molecule has 0 bridgehead atoms. The molecule has 0 fully saturated rings. The highest BCUT2D eigenvalue weighted by Crippen LogP contribution is 2.44. The number of benzene rings is 2. The van der Waals surface area contributed by atoms with Gasteiger partial charge in [-0.25, -0.2) is 0 Å². The molecule has 0 saturated heterocycles. The number of carbonyl (C=O) groups excluding carboxylic acids is 1. The fraction of sp³-hybridized carbons (Fsp3) is 0.435. The van der Waals surface area contributed by atoms with Gasteiger partial charge in [0.2, 0.25) is 0 Å². The molecule has 0 amide bonds. The molecule has 132 valence electrons. The van der Waals surface area contributed by atoms with Gasteiger partial charge in [-0.1, -0.05) is 75.7 Å². The Labute approximate surface area is 151 Å². The van der Waals surface area contributed by atoms with Crippen LogP contribution in [0.25, 0.3) is 11.1 Å². The van der Waals surface area contributed by atoms with Gasteiger partial charge in [-0.2, -0.15) is 0 Å². The number of ether oxygens (including phenoxy) is 1. The molecule has 2 aromatic rings. The lowest BCUT2D eigenvalue weighted by molar-refractivity contribution is -0.145. The van der Waals surface area contributed by atoms with E-state index in [0.717, 1.165) is 12.8 Å². The Morgan fingerprint density at radius 2 is 1.52 bits per heavy atom. The van der Waals surface area contributed by atoms with Crippen molar-refractivity contribution in [3.8, 4) is 11.1 Å². The van der Waals surface area contributed by atoms with Crippen LogP contribution in [0.2, 0.25) is 0 Å². The van der Waals surface area contributed by atoms with Crippen molar-refractivity contribution in [1.82, 2.24) is 0 Å². The molecule has 0 aliphatic heterocycles. The lowest BCUT2D eigenvalue weighted by Crippen LogP contribution is -2.15. The first-order valence-electron chi connectivity index (χ1n) is 9.44. The highest BCUT2D eigenvalue weighted by Gasteiger charge is 2.29. The van der Waals surface area contributed by atoms with E-state index in [1.165, 1.54) is 22.3 Å². The lowest BCUT2D eigenvalue weighted by Gasteiger charge is -2.17. The molecule has 0 saturated carbocycles. The summed E-state index contributed by atoms with van der Waals surface area (Å²) in [4.78, 5) is 12.3. The minimum Gasteiger partial charge on any atom is -0.465 e. The molecule has 2 heteroatoms. The molecule has 3 rings (SSSR count). The first kappa shape index (κ1) is 17.7. The second-order valence-electron chi connectivity index (χ2n) is 7.47. The standard InChI is InChI=1S/C23H28O2/c1-4-16(2)13-17(3)14-23(24)25-15-22-20-11-7-5-9-18(20)19-10-6-8-12-21(19)22/h5-12,16-17,22H,4,13-15H2,1-3H3. The first-order valence-corrected chi connectivity index (χ1v) is 9.44. The summed E-state index contributed by atoms with van der Waals surface area (Å²) in [5.41, 5.74) is 5.07. The van der Waals surface area contributed by atoms with Crippen molar-refractivity contribution in [2.75, 3.05) is 6.61 Å². The highest BCUT2D eigenvalue weighted by molar-refractivity contribution is 5.79. The molecule has 0 radical (unpaired) electrons. The largest absolute Gasteiger partial charge is 0.465 e. The fourth-order valence-corrected chi connectivity index (χ4v) is 3.90. The summed E-state index contributed by atoms with van der Waals surface area (Å²) < 4.78 is 5.69. The van der Waals surface area contributed by atoms with Gasteiger partial charge in [0.25, 0.3) is 0 Å². The summed E-state index contributed by atoms with van der Waals surface area (Å²) in [6, 6.07) is 16.9. The van der Waals surface area contributed by atoms with Gasteiger partial charge in [-0.3, -0.25) is 4.79 Å². The van der Waals surface area contributed by atoms with Crippen molar-refractivity contribution in [2.24, 2.45) is 11.8 Å². The number of carbonyl (C=O) groups is 1. The quantitative estimate of drug-likeness (QED) is 0.597. The minimum atomic E-state index is -0.0716. The van der Waals surface area contributed by atoms with Gasteiger partial charge >= 0.3 is 5.97 Å². The second-order valence-corrected chi connectivity index (χ2v) is 7.47. The van der Waals surface area contributed by atoms with Crippen LogP contribution >= 0.6 is 0 Å². The summed E-state index contributed by atoms with van der Waals surface area (Å²) in [6.45, 7) is 7.02. The Kier molecular flexibility index (Phi) is 5.57. The minimum absolute atomic E-state index is 0.0716. The molecule has 25 heavy (non-hydrogen) atoms. The molecule has 2 unspecified atom stereocenters. The summed E-state index contributed by atoms with van der Waals surface area (Å²) in [6.07, 6.45) is 2.76. The highest BCUT2D eigenvalue weighted by atomic mass is 16.5. The Hall–Kier alpha value is -2.09. The predicted molar refractivity (Wildman–Crippen MR) is 103 cm³/mol. The predicted octanol–water partition coefficient (Wildman–Crippen LogP) is 5.80. The molecule has 0 heterocycles. The Balaban J connectivity index is 1.64. The first-order chi connectivity index (χ1) is 12.1. The van der Waals surface area contributed by atoms with Gasteiger partial charge in [-0.15, -0.1) is 0 Å². The van der Waals surface area contributed by atoms with E-state index >= 15 is 0 Å². The molecule has 2 atom stereocenters. The van der Waals surface area contributed by atoms with Gasteiger partial charge in [0.05, 0.1) is 0 Å². The van der Waals surface area contributed by atoms with E-state index in [1.54, 1.807) is 0 Å². The van der Waals surface area contributed by atoms with Gasteiger partial charge in [0.1, 0.15) is 6.61 Å². The Morgan fingerprint density at radius 3 is 2.08 bits per heavy atom. The number of rotatable bonds is 7. The van der Waals surface area contributed by atoms with Crippen LogP contribution in [0.3, 0.4) is 0 Å². The van der Waals surface area contributed by atoms with E-state index in [9.17, 15) is 4.79 Å². The van der Waals surface area contributed by atoms with Gasteiger partial charge < -0.3 is 4.74 Å². The molecule has 0 aromatic heterocycles. The van der Waals surface area contributed by atoms with Crippen LogP contribution in [-0.4, -0.2) is 12.6 Å². The summed E-state index contributed by atoms with van der Waals surface area (Å²) in [7, 11) is 0. The SMILES string of the molecule is CCC(C)CC(C)CC(=O)OCC1c2ccccc2-c2ccccc21. The molecule has 1 aliphatic rings. The van der Waals surface area contributed by atoms with E-state index in [2.05, 4.69) is 69.3 Å².